The minimum Gasteiger partial charge on any atom is -0.504 e. The molecule has 8 rings (SSSR count). The Balaban J connectivity index is 1.18. The van der Waals surface area contributed by atoms with Crippen LogP contribution in [-0.2, 0) is 19.2 Å². The number of hydrogen-bond donors (Lipinski definition) is 2. The summed E-state index contributed by atoms with van der Waals surface area (Å²) < 4.78 is 5.31. The topological polar surface area (TPSA) is 116 Å². The van der Waals surface area contributed by atoms with E-state index in [0.717, 1.165) is 16.9 Å². The van der Waals surface area contributed by atoms with Gasteiger partial charge in [0.25, 0.3) is 0 Å². The number of para-hydroxylation sites is 2. The van der Waals surface area contributed by atoms with Gasteiger partial charge in [0.1, 0.15) is 0 Å². The molecule has 9 heteroatoms. The van der Waals surface area contributed by atoms with Gasteiger partial charge in [-0.1, -0.05) is 54.1 Å². The Morgan fingerprint density at radius 3 is 2.08 bits per heavy atom. The number of carbonyl (C=O) groups excluding carboxylic acids is 4. The Hall–Kier alpha value is -5.70. The van der Waals surface area contributed by atoms with Crippen LogP contribution in [0.2, 0.25) is 0 Å². The summed E-state index contributed by atoms with van der Waals surface area (Å²) in [5.74, 6) is -4.13. The van der Waals surface area contributed by atoms with Crippen LogP contribution < -0.4 is 19.9 Å². The molecular weight excluding hydrogens is 618 g/mol. The van der Waals surface area contributed by atoms with Gasteiger partial charge < -0.3 is 15.2 Å². The molecule has 4 aromatic rings. The first-order chi connectivity index (χ1) is 23.7. The Morgan fingerprint density at radius 2 is 1.41 bits per heavy atom. The van der Waals surface area contributed by atoms with Crippen molar-refractivity contribution in [3.05, 3.63) is 120 Å². The van der Waals surface area contributed by atoms with Crippen LogP contribution in [-0.4, -0.2) is 35.8 Å². The van der Waals surface area contributed by atoms with Crippen LogP contribution in [0.15, 0.2) is 115 Å². The summed E-state index contributed by atoms with van der Waals surface area (Å²) in [5.41, 5.74) is 3.02. The lowest BCUT2D eigenvalue weighted by Crippen LogP contribution is -2.48. The van der Waals surface area contributed by atoms with E-state index in [0.29, 0.717) is 23.4 Å². The van der Waals surface area contributed by atoms with Crippen molar-refractivity contribution in [2.45, 2.75) is 25.7 Å². The standard InChI is InChI=1S/C40H35N3O6/c1-40-31(37(46)43(39(40)48)26-11-7-4-8-12-26)22-30-28(35(40)23-13-20-33(49-2)32(44)21-23)18-19-29-34(30)38(47)42(36(29)45)27-16-14-25(15-17-27)41-24-9-5-3-6-10-24/h3-18,20-21,29-31,34-35,41,44H,19,22H2,1-2H3. The highest BCUT2D eigenvalue weighted by Gasteiger charge is 2.67. The Kier molecular flexibility index (Phi) is 7.17. The van der Waals surface area contributed by atoms with E-state index < -0.39 is 35.0 Å². The van der Waals surface area contributed by atoms with Crippen molar-refractivity contribution in [3.8, 4) is 11.5 Å². The molecule has 9 nitrogen and oxygen atoms in total. The fraction of sp³-hybridized carbons (Fsp3) is 0.250. The molecule has 2 N–H and O–H groups in total. The molecule has 3 fully saturated rings. The highest BCUT2D eigenvalue weighted by molar-refractivity contribution is 6.25. The Morgan fingerprint density at radius 1 is 0.755 bits per heavy atom. The van der Waals surface area contributed by atoms with Crippen molar-refractivity contribution in [1.29, 1.82) is 0 Å². The third kappa shape index (κ3) is 4.59. The second-order valence-corrected chi connectivity index (χ2v) is 13.5. The maximum atomic E-state index is 14.5. The SMILES string of the molecule is COc1ccc(C2C3=CCC4C(=O)N(c5ccc(Nc6ccccc6)cc5)C(=O)C4C3CC3C(=O)N(c4ccccc4)C(=O)C32C)cc1O. The van der Waals surface area contributed by atoms with Crippen LogP contribution in [0.3, 0.4) is 0 Å². The molecule has 0 spiro atoms. The van der Waals surface area contributed by atoms with Crippen molar-refractivity contribution < 1.29 is 29.0 Å². The summed E-state index contributed by atoms with van der Waals surface area (Å²) in [6.45, 7) is 1.83. The lowest BCUT2D eigenvalue weighted by Gasteiger charge is -2.49. The Bertz CT molecular complexity index is 2030. The number of benzene rings is 4. The lowest BCUT2D eigenvalue weighted by molar-refractivity contribution is -0.131. The molecule has 0 radical (unpaired) electrons. The smallest absolute Gasteiger partial charge is 0.241 e. The van der Waals surface area contributed by atoms with Crippen LogP contribution in [0, 0.1) is 29.1 Å². The molecule has 0 bridgehead atoms. The van der Waals surface area contributed by atoms with Gasteiger partial charge in [-0.3, -0.25) is 24.1 Å². The van der Waals surface area contributed by atoms with Crippen LogP contribution in [0.4, 0.5) is 22.7 Å². The van der Waals surface area contributed by atoms with Crippen LogP contribution in [0.25, 0.3) is 0 Å². The van der Waals surface area contributed by atoms with Gasteiger partial charge in [0.2, 0.25) is 23.6 Å². The molecule has 6 unspecified atom stereocenters. The number of fused-ring (bicyclic) bond motifs is 4. The monoisotopic (exact) mass is 653 g/mol. The van der Waals surface area contributed by atoms with Crippen LogP contribution in [0.5, 0.6) is 11.5 Å². The average Bonchev–Trinajstić information content (AvgIpc) is 3.48. The summed E-state index contributed by atoms with van der Waals surface area (Å²) in [6, 6.07) is 30.9. The van der Waals surface area contributed by atoms with Gasteiger partial charge in [0.05, 0.1) is 41.7 Å². The molecular formula is C40H35N3O6. The number of hydrogen-bond acceptors (Lipinski definition) is 7. The molecule has 2 saturated heterocycles. The number of rotatable bonds is 6. The van der Waals surface area contributed by atoms with E-state index in [1.54, 1.807) is 48.5 Å². The van der Waals surface area contributed by atoms with Gasteiger partial charge in [-0.15, -0.1) is 0 Å². The normalized spacial score (nSPS) is 27.4. The van der Waals surface area contributed by atoms with Crippen LogP contribution >= 0.6 is 0 Å². The second-order valence-electron chi connectivity index (χ2n) is 13.5. The number of nitrogens with zero attached hydrogens (tertiary/aromatic N) is 2. The zero-order valence-electron chi connectivity index (χ0n) is 27.1. The zero-order valence-corrected chi connectivity index (χ0v) is 27.1. The highest BCUT2D eigenvalue weighted by Crippen LogP contribution is 2.64. The minimum absolute atomic E-state index is 0.0863. The highest BCUT2D eigenvalue weighted by atomic mass is 16.5. The molecule has 2 aliphatic carbocycles. The maximum absolute atomic E-state index is 14.5. The number of phenols is 1. The number of phenolic OH excluding ortho intramolecular Hbond substituents is 1. The van der Waals surface area contributed by atoms with E-state index in [-0.39, 0.29) is 41.5 Å². The van der Waals surface area contributed by atoms with E-state index in [4.69, 9.17) is 4.74 Å². The van der Waals surface area contributed by atoms with Crippen molar-refractivity contribution in [3.63, 3.8) is 0 Å². The molecule has 1 saturated carbocycles. The fourth-order valence-electron chi connectivity index (χ4n) is 8.74. The van der Waals surface area contributed by atoms with Crippen molar-refractivity contribution in [2.75, 3.05) is 22.2 Å². The fourth-order valence-corrected chi connectivity index (χ4v) is 8.74. The minimum atomic E-state index is -1.20. The first-order valence-corrected chi connectivity index (χ1v) is 16.5. The number of aromatic hydroxyl groups is 1. The van der Waals surface area contributed by atoms with Crippen molar-refractivity contribution in [2.24, 2.45) is 29.1 Å². The predicted octanol–water partition coefficient (Wildman–Crippen LogP) is 6.58. The first-order valence-electron chi connectivity index (χ1n) is 16.5. The molecule has 2 heterocycles. The Labute approximate surface area is 283 Å². The lowest BCUT2D eigenvalue weighted by atomic mass is 9.51. The van der Waals surface area contributed by atoms with Crippen molar-refractivity contribution >= 4 is 46.4 Å². The maximum Gasteiger partial charge on any atom is 0.241 e. The van der Waals surface area contributed by atoms with Crippen molar-refractivity contribution in [1.82, 2.24) is 0 Å². The number of carbonyl (C=O) groups is 4. The van der Waals surface area contributed by atoms with Gasteiger partial charge in [0.15, 0.2) is 11.5 Å². The third-order valence-electron chi connectivity index (χ3n) is 11.0. The summed E-state index contributed by atoms with van der Waals surface area (Å²) in [6.07, 6.45) is 2.59. The number of allylic oxidation sites excluding steroid dienone is 2. The number of ether oxygens (including phenoxy) is 1. The quantitative estimate of drug-likeness (QED) is 0.178. The van der Waals surface area contributed by atoms with Gasteiger partial charge in [-0.25, -0.2) is 4.90 Å². The van der Waals surface area contributed by atoms with E-state index in [2.05, 4.69) is 5.32 Å². The average molecular weight is 654 g/mol. The van der Waals surface area contributed by atoms with Gasteiger partial charge in [-0.2, -0.15) is 0 Å². The molecule has 49 heavy (non-hydrogen) atoms. The first kappa shape index (κ1) is 30.6. The molecule has 4 aliphatic rings. The summed E-state index contributed by atoms with van der Waals surface area (Å²) in [7, 11) is 1.46. The van der Waals surface area contributed by atoms with E-state index in [1.807, 2.05) is 67.6 Å². The molecule has 4 aromatic carbocycles. The largest absolute Gasteiger partial charge is 0.504 e. The van der Waals surface area contributed by atoms with E-state index in [9.17, 15) is 24.3 Å². The van der Waals surface area contributed by atoms with Gasteiger partial charge >= 0.3 is 0 Å². The summed E-state index contributed by atoms with van der Waals surface area (Å²) >= 11 is 0. The molecule has 2 aliphatic heterocycles. The molecule has 0 aromatic heterocycles. The molecule has 6 atom stereocenters. The number of nitrogens with one attached hydrogen (secondary N) is 1. The number of amides is 4. The molecule has 246 valence electrons. The predicted molar refractivity (Wildman–Crippen MR) is 184 cm³/mol. The summed E-state index contributed by atoms with van der Waals surface area (Å²) in [4.78, 5) is 59.8. The molecule has 4 amide bonds. The number of methoxy groups -OCH3 is 1. The van der Waals surface area contributed by atoms with E-state index in [1.165, 1.54) is 16.9 Å². The summed E-state index contributed by atoms with van der Waals surface area (Å²) in [5, 5.41) is 14.2. The number of imide groups is 2. The van der Waals surface area contributed by atoms with Gasteiger partial charge in [-0.05, 0) is 91.9 Å². The van der Waals surface area contributed by atoms with Crippen LogP contribution in [0.1, 0.15) is 31.2 Å². The van der Waals surface area contributed by atoms with E-state index >= 15 is 0 Å². The van der Waals surface area contributed by atoms with Gasteiger partial charge in [0, 0.05) is 17.3 Å². The number of anilines is 4. The third-order valence-corrected chi connectivity index (χ3v) is 11.0. The second kappa shape index (κ2) is 11.5. The zero-order chi connectivity index (χ0) is 34.0.